The van der Waals surface area contributed by atoms with E-state index in [0.717, 1.165) is 6.42 Å². The van der Waals surface area contributed by atoms with Gasteiger partial charge in [-0.3, -0.25) is 4.79 Å². The van der Waals surface area contributed by atoms with Gasteiger partial charge in [-0.1, -0.05) is 40.5 Å². The van der Waals surface area contributed by atoms with Crippen molar-refractivity contribution in [3.05, 3.63) is 0 Å². The SMILES string of the molecule is CCC(N)C(=O)NC1CCCCC1C(C)(C)C. The van der Waals surface area contributed by atoms with Crippen molar-refractivity contribution in [1.82, 2.24) is 5.32 Å². The second-order valence-corrected chi connectivity index (χ2v) is 6.39. The van der Waals surface area contributed by atoms with E-state index in [1.54, 1.807) is 0 Å². The maximum atomic E-state index is 11.9. The number of carbonyl (C=O) groups is 1. The number of hydrogen-bond acceptors (Lipinski definition) is 2. The van der Waals surface area contributed by atoms with Crippen LogP contribution in [-0.2, 0) is 4.79 Å². The average Bonchev–Trinajstić information content (AvgIpc) is 2.27. The second-order valence-electron chi connectivity index (χ2n) is 6.39. The van der Waals surface area contributed by atoms with Crippen LogP contribution in [0.3, 0.4) is 0 Å². The zero-order chi connectivity index (χ0) is 13.1. The van der Waals surface area contributed by atoms with Gasteiger partial charge in [-0.05, 0) is 30.6 Å². The van der Waals surface area contributed by atoms with Crippen LogP contribution in [0.5, 0.6) is 0 Å². The predicted octanol–water partition coefficient (Wildman–Crippen LogP) is 2.44. The fraction of sp³-hybridized carbons (Fsp3) is 0.929. The van der Waals surface area contributed by atoms with Crippen molar-refractivity contribution in [1.29, 1.82) is 0 Å². The highest BCUT2D eigenvalue weighted by molar-refractivity contribution is 5.81. The Hall–Kier alpha value is -0.570. The summed E-state index contributed by atoms with van der Waals surface area (Å²) in [5.41, 5.74) is 6.03. The maximum Gasteiger partial charge on any atom is 0.237 e. The van der Waals surface area contributed by atoms with Crippen molar-refractivity contribution in [2.75, 3.05) is 0 Å². The first-order valence-corrected chi connectivity index (χ1v) is 6.92. The van der Waals surface area contributed by atoms with Crippen molar-refractivity contribution < 1.29 is 4.79 Å². The molecule has 3 atom stereocenters. The summed E-state index contributed by atoms with van der Waals surface area (Å²) in [7, 11) is 0. The molecule has 0 spiro atoms. The fourth-order valence-electron chi connectivity index (χ4n) is 2.82. The molecule has 0 bridgehead atoms. The van der Waals surface area contributed by atoms with E-state index in [1.807, 2.05) is 6.92 Å². The monoisotopic (exact) mass is 240 g/mol. The number of rotatable bonds is 3. The van der Waals surface area contributed by atoms with Crippen molar-refractivity contribution in [3.63, 3.8) is 0 Å². The Bertz CT molecular complexity index is 257. The van der Waals surface area contributed by atoms with Crippen LogP contribution in [0.1, 0.15) is 59.8 Å². The van der Waals surface area contributed by atoms with Crippen molar-refractivity contribution in [2.24, 2.45) is 17.1 Å². The second kappa shape index (κ2) is 5.85. The minimum atomic E-state index is -0.349. The lowest BCUT2D eigenvalue weighted by Crippen LogP contribution is -2.51. The number of amides is 1. The minimum Gasteiger partial charge on any atom is -0.352 e. The molecule has 0 heterocycles. The fourth-order valence-corrected chi connectivity index (χ4v) is 2.82. The first-order valence-electron chi connectivity index (χ1n) is 6.92. The van der Waals surface area contributed by atoms with E-state index in [9.17, 15) is 4.79 Å². The molecule has 3 heteroatoms. The van der Waals surface area contributed by atoms with Gasteiger partial charge in [0.05, 0.1) is 6.04 Å². The van der Waals surface area contributed by atoms with Crippen LogP contribution < -0.4 is 11.1 Å². The Morgan fingerprint density at radius 1 is 1.35 bits per heavy atom. The summed E-state index contributed by atoms with van der Waals surface area (Å²) in [4.78, 5) is 11.9. The van der Waals surface area contributed by atoms with Gasteiger partial charge in [0.25, 0.3) is 0 Å². The smallest absolute Gasteiger partial charge is 0.237 e. The molecule has 3 unspecified atom stereocenters. The van der Waals surface area contributed by atoms with Gasteiger partial charge in [-0.25, -0.2) is 0 Å². The van der Waals surface area contributed by atoms with Crippen molar-refractivity contribution in [3.8, 4) is 0 Å². The third-order valence-corrected chi connectivity index (χ3v) is 3.98. The molecule has 1 rings (SSSR count). The Balaban J connectivity index is 2.63. The third kappa shape index (κ3) is 3.98. The Morgan fingerprint density at radius 2 is 1.94 bits per heavy atom. The van der Waals surface area contributed by atoms with E-state index < -0.39 is 0 Å². The first kappa shape index (κ1) is 14.5. The molecular formula is C14H28N2O. The Kier molecular flexibility index (Phi) is 4.99. The molecule has 0 saturated heterocycles. The standard InChI is InChI=1S/C14H28N2O/c1-5-11(15)13(17)16-12-9-7-6-8-10(12)14(2,3)4/h10-12H,5-9,15H2,1-4H3,(H,16,17). The van der Waals surface area contributed by atoms with Crippen molar-refractivity contribution >= 4 is 5.91 Å². The quantitative estimate of drug-likeness (QED) is 0.796. The lowest BCUT2D eigenvalue weighted by molar-refractivity contribution is -0.124. The molecule has 17 heavy (non-hydrogen) atoms. The Morgan fingerprint density at radius 3 is 2.47 bits per heavy atom. The molecule has 1 amide bonds. The average molecular weight is 240 g/mol. The van der Waals surface area contributed by atoms with Gasteiger partial charge in [-0.2, -0.15) is 0 Å². The summed E-state index contributed by atoms with van der Waals surface area (Å²) >= 11 is 0. The molecule has 3 nitrogen and oxygen atoms in total. The molecule has 0 aromatic heterocycles. The first-order chi connectivity index (χ1) is 7.86. The van der Waals surface area contributed by atoms with Crippen LogP contribution >= 0.6 is 0 Å². The molecule has 100 valence electrons. The lowest BCUT2D eigenvalue weighted by Gasteiger charge is -2.41. The third-order valence-electron chi connectivity index (χ3n) is 3.98. The normalized spacial score (nSPS) is 27.6. The van der Waals surface area contributed by atoms with Crippen LogP contribution in [-0.4, -0.2) is 18.0 Å². The lowest BCUT2D eigenvalue weighted by atomic mass is 9.69. The number of nitrogens with one attached hydrogen (secondary N) is 1. The molecule has 1 aliphatic carbocycles. The molecule has 0 aliphatic heterocycles. The van der Waals surface area contributed by atoms with Gasteiger partial charge in [-0.15, -0.1) is 0 Å². The summed E-state index contributed by atoms with van der Waals surface area (Å²) in [5, 5.41) is 3.16. The van der Waals surface area contributed by atoms with Crippen LogP contribution in [0, 0.1) is 11.3 Å². The minimum absolute atomic E-state index is 0.0219. The van der Waals surface area contributed by atoms with Crippen LogP contribution in [0.2, 0.25) is 0 Å². The van der Waals surface area contributed by atoms with Gasteiger partial charge < -0.3 is 11.1 Å². The summed E-state index contributed by atoms with van der Waals surface area (Å²) in [6.07, 6.45) is 5.53. The zero-order valence-corrected chi connectivity index (χ0v) is 11.8. The van der Waals surface area contributed by atoms with E-state index in [4.69, 9.17) is 5.73 Å². The molecule has 1 aliphatic rings. The highest BCUT2D eigenvalue weighted by Crippen LogP contribution is 2.37. The maximum absolute atomic E-state index is 11.9. The highest BCUT2D eigenvalue weighted by atomic mass is 16.2. The molecule has 0 aromatic carbocycles. The number of carbonyl (C=O) groups excluding carboxylic acids is 1. The molecule has 3 N–H and O–H groups in total. The van der Waals surface area contributed by atoms with Gasteiger partial charge in [0.15, 0.2) is 0 Å². The van der Waals surface area contributed by atoms with Gasteiger partial charge >= 0.3 is 0 Å². The number of nitrogens with two attached hydrogens (primary N) is 1. The summed E-state index contributed by atoms with van der Waals surface area (Å²) < 4.78 is 0. The van der Waals surface area contributed by atoms with E-state index in [0.29, 0.717) is 18.4 Å². The van der Waals surface area contributed by atoms with Crippen LogP contribution in [0.4, 0.5) is 0 Å². The van der Waals surface area contributed by atoms with E-state index in [2.05, 4.69) is 26.1 Å². The summed E-state index contributed by atoms with van der Waals surface area (Å²) in [6, 6.07) is -0.0357. The highest BCUT2D eigenvalue weighted by Gasteiger charge is 2.35. The van der Waals surface area contributed by atoms with Gasteiger partial charge in [0, 0.05) is 6.04 Å². The molecule has 1 saturated carbocycles. The van der Waals surface area contributed by atoms with Gasteiger partial charge in [0.2, 0.25) is 5.91 Å². The van der Waals surface area contributed by atoms with Crippen LogP contribution in [0.15, 0.2) is 0 Å². The predicted molar refractivity (Wildman–Crippen MR) is 71.6 cm³/mol. The van der Waals surface area contributed by atoms with E-state index in [-0.39, 0.29) is 17.4 Å². The zero-order valence-electron chi connectivity index (χ0n) is 11.8. The van der Waals surface area contributed by atoms with E-state index in [1.165, 1.54) is 19.3 Å². The topological polar surface area (TPSA) is 55.1 Å². The molecule has 0 aromatic rings. The van der Waals surface area contributed by atoms with Gasteiger partial charge in [0.1, 0.15) is 0 Å². The van der Waals surface area contributed by atoms with Crippen molar-refractivity contribution in [2.45, 2.75) is 71.9 Å². The molecular weight excluding hydrogens is 212 g/mol. The molecule has 1 fully saturated rings. The van der Waals surface area contributed by atoms with E-state index >= 15 is 0 Å². The summed E-state index contributed by atoms with van der Waals surface area (Å²) in [6.45, 7) is 8.75. The number of hydrogen-bond donors (Lipinski definition) is 2. The Labute approximate surface area is 106 Å². The largest absolute Gasteiger partial charge is 0.352 e. The molecule has 0 radical (unpaired) electrons. The van der Waals surface area contributed by atoms with Crippen LogP contribution in [0.25, 0.3) is 0 Å². The summed E-state index contributed by atoms with van der Waals surface area (Å²) in [5.74, 6) is 0.595.